The van der Waals surface area contributed by atoms with E-state index >= 15 is 0 Å². The van der Waals surface area contributed by atoms with Crippen LogP contribution in [0.2, 0.25) is 0 Å². The van der Waals surface area contributed by atoms with Crippen molar-refractivity contribution < 1.29 is 49.3 Å². The molecule has 1 aliphatic rings. The molecule has 0 aliphatic carbocycles. The van der Waals surface area contributed by atoms with Crippen molar-refractivity contribution >= 4 is 11.9 Å². The number of unbranched alkanes of at least 4 members (excludes halogenated alkanes) is 28. The van der Waals surface area contributed by atoms with Crippen molar-refractivity contribution in [3.05, 3.63) is 48.6 Å². The first-order chi connectivity index (χ1) is 34.2. The molecule has 1 saturated heterocycles. The van der Waals surface area contributed by atoms with E-state index in [1.54, 1.807) is 6.08 Å². The molecule has 11 nitrogen and oxygen atoms in total. The number of aliphatic hydroxyl groups is 5. The predicted molar refractivity (Wildman–Crippen MR) is 287 cm³/mol. The molecule has 0 aromatic carbocycles. The van der Waals surface area contributed by atoms with Crippen molar-refractivity contribution in [3.8, 4) is 0 Å². The molecule has 408 valence electrons. The van der Waals surface area contributed by atoms with E-state index in [2.05, 4.69) is 62.5 Å². The Balaban J connectivity index is 2.71. The largest absolute Gasteiger partial charge is 0.454 e. The van der Waals surface area contributed by atoms with Crippen molar-refractivity contribution in [1.82, 2.24) is 5.32 Å². The molecule has 1 heterocycles. The fourth-order valence-corrected chi connectivity index (χ4v) is 8.90. The van der Waals surface area contributed by atoms with Gasteiger partial charge in [-0.05, 0) is 57.8 Å². The van der Waals surface area contributed by atoms with Crippen molar-refractivity contribution in [2.24, 2.45) is 0 Å². The van der Waals surface area contributed by atoms with Gasteiger partial charge in [-0.15, -0.1) is 0 Å². The van der Waals surface area contributed by atoms with Gasteiger partial charge in [0.05, 0.1) is 25.4 Å². The Labute approximate surface area is 427 Å². The highest BCUT2D eigenvalue weighted by atomic mass is 16.7. The van der Waals surface area contributed by atoms with Gasteiger partial charge in [-0.2, -0.15) is 0 Å². The van der Waals surface area contributed by atoms with Crippen molar-refractivity contribution in [2.75, 3.05) is 13.2 Å². The molecule has 0 saturated carbocycles. The van der Waals surface area contributed by atoms with Crippen LogP contribution in [0.4, 0.5) is 0 Å². The zero-order valence-corrected chi connectivity index (χ0v) is 44.9. The van der Waals surface area contributed by atoms with Crippen LogP contribution in [0.5, 0.6) is 0 Å². The van der Waals surface area contributed by atoms with Gasteiger partial charge in [0, 0.05) is 6.42 Å². The number of allylic oxidation sites excluding steroid dienone is 7. The molecule has 6 N–H and O–H groups in total. The molecule has 8 atom stereocenters. The predicted octanol–water partition coefficient (Wildman–Crippen LogP) is 12.9. The number of aliphatic hydroxyl groups excluding tert-OH is 5. The Hall–Kier alpha value is -2.38. The first-order valence-corrected chi connectivity index (χ1v) is 28.9. The smallest absolute Gasteiger partial charge is 0.306 e. The number of nitrogens with one attached hydrogen (secondary N) is 1. The highest BCUT2D eigenvalue weighted by Crippen LogP contribution is 2.26. The summed E-state index contributed by atoms with van der Waals surface area (Å²) in [5.74, 6) is -1.21. The molecule has 8 unspecified atom stereocenters. The van der Waals surface area contributed by atoms with Crippen LogP contribution in [-0.4, -0.2) is 99.6 Å². The third-order valence-corrected chi connectivity index (χ3v) is 13.5. The summed E-state index contributed by atoms with van der Waals surface area (Å²) in [6.45, 7) is 5.65. The maximum Gasteiger partial charge on any atom is 0.306 e. The van der Waals surface area contributed by atoms with Gasteiger partial charge in [-0.3, -0.25) is 9.59 Å². The first kappa shape index (κ1) is 65.6. The third-order valence-electron chi connectivity index (χ3n) is 13.5. The van der Waals surface area contributed by atoms with E-state index in [4.69, 9.17) is 14.2 Å². The summed E-state index contributed by atoms with van der Waals surface area (Å²) in [5.41, 5.74) is 0. The Morgan fingerprint density at radius 3 is 1.54 bits per heavy atom. The van der Waals surface area contributed by atoms with E-state index in [1.807, 2.05) is 6.08 Å². The molecular weight excluding hydrogens is 883 g/mol. The van der Waals surface area contributed by atoms with E-state index < -0.39 is 67.4 Å². The lowest BCUT2D eigenvalue weighted by atomic mass is 9.99. The lowest BCUT2D eigenvalue weighted by Crippen LogP contribution is -2.61. The van der Waals surface area contributed by atoms with E-state index in [0.29, 0.717) is 12.8 Å². The summed E-state index contributed by atoms with van der Waals surface area (Å²) in [7, 11) is 0. The zero-order chi connectivity index (χ0) is 51.1. The van der Waals surface area contributed by atoms with E-state index in [0.717, 1.165) is 77.0 Å². The maximum absolute atomic E-state index is 13.3. The Bertz CT molecular complexity index is 1320. The Morgan fingerprint density at radius 1 is 0.571 bits per heavy atom. The van der Waals surface area contributed by atoms with Crippen LogP contribution in [0.15, 0.2) is 48.6 Å². The van der Waals surface area contributed by atoms with Crippen LogP contribution in [0.3, 0.4) is 0 Å². The zero-order valence-electron chi connectivity index (χ0n) is 44.9. The number of hydrogen-bond donors (Lipinski definition) is 6. The van der Waals surface area contributed by atoms with Gasteiger partial charge >= 0.3 is 5.97 Å². The van der Waals surface area contributed by atoms with Gasteiger partial charge in [0.1, 0.15) is 24.4 Å². The third kappa shape index (κ3) is 35.7. The molecule has 0 radical (unpaired) electrons. The maximum atomic E-state index is 13.3. The number of amides is 1. The summed E-state index contributed by atoms with van der Waals surface area (Å²) >= 11 is 0. The van der Waals surface area contributed by atoms with Gasteiger partial charge < -0.3 is 45.1 Å². The van der Waals surface area contributed by atoms with E-state index in [-0.39, 0.29) is 19.4 Å². The van der Waals surface area contributed by atoms with E-state index in [1.165, 1.54) is 128 Å². The summed E-state index contributed by atoms with van der Waals surface area (Å²) in [6, 6.07) is -1.03. The molecule has 0 aromatic heterocycles. The van der Waals surface area contributed by atoms with Gasteiger partial charge in [0.15, 0.2) is 12.4 Å². The molecule has 0 bridgehead atoms. The SMILES string of the molecule is CC/C=C/C/C=C/C/C=C/CCCCCC(O)C(=O)NC(COC1OC(CO)C(O)C(O)C1OC(=O)CCCCCCCCCCCCCCCCCCC)C(O)/C=C/CCCCCCCCCCC. The molecule has 0 spiro atoms. The molecule has 1 fully saturated rings. The molecular formula is C59H107NO10. The average Bonchev–Trinajstić information content (AvgIpc) is 3.36. The number of ether oxygens (including phenoxy) is 3. The van der Waals surface area contributed by atoms with Crippen LogP contribution in [0, 0.1) is 0 Å². The highest BCUT2D eigenvalue weighted by molar-refractivity contribution is 5.80. The molecule has 0 aromatic rings. The number of carbonyl (C=O) groups is 2. The second-order valence-electron chi connectivity index (χ2n) is 20.0. The van der Waals surface area contributed by atoms with Crippen molar-refractivity contribution in [2.45, 2.75) is 301 Å². The average molecular weight is 991 g/mol. The molecule has 11 heteroatoms. The summed E-state index contributed by atoms with van der Waals surface area (Å²) in [6.07, 6.45) is 45.9. The number of esters is 1. The van der Waals surface area contributed by atoms with E-state index in [9.17, 15) is 35.1 Å². The monoisotopic (exact) mass is 990 g/mol. The Morgan fingerprint density at radius 2 is 1.03 bits per heavy atom. The van der Waals surface area contributed by atoms with Gasteiger partial charge in [0.2, 0.25) is 5.91 Å². The van der Waals surface area contributed by atoms with Crippen molar-refractivity contribution in [3.63, 3.8) is 0 Å². The topological polar surface area (TPSA) is 175 Å². The van der Waals surface area contributed by atoms with Crippen molar-refractivity contribution in [1.29, 1.82) is 0 Å². The standard InChI is InChI=1S/C59H107NO10/c1-4-7-10-13-16-19-22-24-25-26-27-29-32-35-38-41-44-47-54(64)70-57-56(66)55(65)53(48-61)69-59(57)68-49-50(51(62)45-42-39-36-33-30-21-18-15-12-9-6-3)60-58(67)52(63)46-43-40-37-34-31-28-23-20-17-14-11-8-5-2/h8,11,17,20,28,31,42,45,50-53,55-57,59,61-63,65-66H,4-7,9-10,12-16,18-19,21-27,29-30,32-41,43-44,46-49H2,1-3H3,(H,60,67)/b11-8+,20-17+,31-28+,45-42+. The lowest BCUT2D eigenvalue weighted by molar-refractivity contribution is -0.305. The number of rotatable bonds is 48. The van der Waals surface area contributed by atoms with Gasteiger partial charge in [-0.25, -0.2) is 0 Å². The fourth-order valence-electron chi connectivity index (χ4n) is 8.90. The molecule has 1 amide bonds. The quantitative estimate of drug-likeness (QED) is 0.0196. The summed E-state index contributed by atoms with van der Waals surface area (Å²) in [5, 5.41) is 56.7. The number of hydrogen-bond acceptors (Lipinski definition) is 10. The fraction of sp³-hybridized carbons (Fsp3) is 0.831. The number of carbonyl (C=O) groups excluding carboxylic acids is 2. The Kier molecular flexibility index (Phi) is 44.6. The minimum Gasteiger partial charge on any atom is -0.454 e. The minimum atomic E-state index is -1.61. The van der Waals surface area contributed by atoms with Crippen LogP contribution in [-0.2, 0) is 23.8 Å². The highest BCUT2D eigenvalue weighted by Gasteiger charge is 2.47. The second-order valence-corrected chi connectivity index (χ2v) is 20.0. The lowest BCUT2D eigenvalue weighted by Gasteiger charge is -2.41. The second kappa shape index (κ2) is 47.6. The van der Waals surface area contributed by atoms with Gasteiger partial charge in [-0.1, -0.05) is 236 Å². The molecule has 1 aliphatic heterocycles. The van der Waals surface area contributed by atoms with Gasteiger partial charge in [0.25, 0.3) is 0 Å². The van der Waals surface area contributed by atoms with Crippen LogP contribution in [0.1, 0.15) is 252 Å². The summed E-state index contributed by atoms with van der Waals surface area (Å²) in [4.78, 5) is 26.4. The van der Waals surface area contributed by atoms with Crippen LogP contribution in [0.25, 0.3) is 0 Å². The normalized spacial score (nSPS) is 20.0. The van der Waals surface area contributed by atoms with Crippen LogP contribution >= 0.6 is 0 Å². The van der Waals surface area contributed by atoms with Crippen LogP contribution < -0.4 is 5.32 Å². The molecule has 1 rings (SSSR count). The summed E-state index contributed by atoms with van der Waals surface area (Å²) < 4.78 is 17.6. The first-order valence-electron chi connectivity index (χ1n) is 28.9. The molecule has 70 heavy (non-hydrogen) atoms. The minimum absolute atomic E-state index is 0.124.